The first-order valence-electron chi connectivity index (χ1n) is 7.67. The third-order valence-electron chi connectivity index (χ3n) is 3.25. The zero-order chi connectivity index (χ0) is 15.7. The Bertz CT molecular complexity index is 449. The lowest BCUT2D eigenvalue weighted by Gasteiger charge is -2.18. The maximum Gasteiger partial charge on any atom is 0.253 e. The zero-order valence-electron chi connectivity index (χ0n) is 13.4. The highest BCUT2D eigenvalue weighted by molar-refractivity contribution is 5.94. The first-order chi connectivity index (χ1) is 10.1. The van der Waals surface area contributed by atoms with E-state index in [9.17, 15) is 4.79 Å². The fourth-order valence-corrected chi connectivity index (χ4v) is 2.10. The van der Waals surface area contributed by atoms with Crippen LogP contribution in [0.25, 0.3) is 0 Å². The molecule has 118 valence electrons. The molecule has 0 aliphatic rings. The second-order valence-corrected chi connectivity index (χ2v) is 5.32. The standard InChI is InChI=1S/C16H27N3O2/c1-4-8-17-15-12-14(11-13(2)18-15)16(21)19(3)9-6-5-7-10-20/h11-12,20H,4-10H2,1-3H3,(H,17,18). The Morgan fingerprint density at radius 2 is 2.10 bits per heavy atom. The van der Waals surface area contributed by atoms with Gasteiger partial charge in [-0.1, -0.05) is 6.92 Å². The van der Waals surface area contributed by atoms with Gasteiger partial charge in [-0.2, -0.15) is 0 Å². The Hall–Kier alpha value is -1.62. The number of aryl methyl sites for hydroxylation is 1. The number of aliphatic hydroxyl groups excluding tert-OH is 1. The topological polar surface area (TPSA) is 65.5 Å². The van der Waals surface area contributed by atoms with Gasteiger partial charge in [-0.15, -0.1) is 0 Å². The molecule has 1 aromatic rings. The van der Waals surface area contributed by atoms with Crippen molar-refractivity contribution < 1.29 is 9.90 Å². The number of nitrogens with zero attached hydrogens (tertiary/aromatic N) is 2. The lowest BCUT2D eigenvalue weighted by molar-refractivity contribution is 0.0792. The first-order valence-corrected chi connectivity index (χ1v) is 7.67. The van der Waals surface area contributed by atoms with E-state index in [0.29, 0.717) is 12.1 Å². The van der Waals surface area contributed by atoms with E-state index in [4.69, 9.17) is 5.11 Å². The smallest absolute Gasteiger partial charge is 0.253 e. The van der Waals surface area contributed by atoms with Crippen LogP contribution in [0.2, 0.25) is 0 Å². The van der Waals surface area contributed by atoms with Gasteiger partial charge in [0.2, 0.25) is 0 Å². The van der Waals surface area contributed by atoms with Gasteiger partial charge in [0, 0.05) is 38.0 Å². The van der Waals surface area contributed by atoms with Gasteiger partial charge in [0.1, 0.15) is 5.82 Å². The fraction of sp³-hybridized carbons (Fsp3) is 0.625. The van der Waals surface area contributed by atoms with Gasteiger partial charge in [0.25, 0.3) is 5.91 Å². The molecule has 0 fully saturated rings. The minimum atomic E-state index is 0.0176. The second kappa shape index (κ2) is 9.34. The number of amides is 1. The van der Waals surface area contributed by atoms with Crippen LogP contribution in [0, 0.1) is 6.92 Å². The quantitative estimate of drug-likeness (QED) is 0.686. The Balaban J connectivity index is 2.65. The van der Waals surface area contributed by atoms with Crippen LogP contribution < -0.4 is 5.32 Å². The van der Waals surface area contributed by atoms with Crippen molar-refractivity contribution in [1.29, 1.82) is 0 Å². The number of rotatable bonds is 9. The molecular formula is C16H27N3O2. The highest BCUT2D eigenvalue weighted by atomic mass is 16.2. The molecule has 0 aliphatic heterocycles. The minimum Gasteiger partial charge on any atom is -0.396 e. The van der Waals surface area contributed by atoms with E-state index in [1.165, 1.54) is 0 Å². The summed E-state index contributed by atoms with van der Waals surface area (Å²) in [6, 6.07) is 3.64. The molecule has 5 nitrogen and oxygen atoms in total. The van der Waals surface area contributed by atoms with Gasteiger partial charge in [0.15, 0.2) is 0 Å². The summed E-state index contributed by atoms with van der Waals surface area (Å²) < 4.78 is 0. The number of carbonyl (C=O) groups excluding carboxylic acids is 1. The van der Waals surface area contributed by atoms with Crippen molar-refractivity contribution in [3.05, 3.63) is 23.4 Å². The fourth-order valence-electron chi connectivity index (χ4n) is 2.10. The van der Waals surface area contributed by atoms with E-state index in [0.717, 1.165) is 43.7 Å². The van der Waals surface area contributed by atoms with E-state index < -0.39 is 0 Å². The van der Waals surface area contributed by atoms with Crippen LogP contribution >= 0.6 is 0 Å². The summed E-state index contributed by atoms with van der Waals surface area (Å²) in [4.78, 5) is 18.5. The Labute approximate surface area is 127 Å². The van der Waals surface area contributed by atoms with Crippen LogP contribution in [0.4, 0.5) is 5.82 Å². The average Bonchev–Trinajstić information content (AvgIpc) is 2.48. The Morgan fingerprint density at radius 3 is 2.76 bits per heavy atom. The van der Waals surface area contributed by atoms with Gasteiger partial charge in [0.05, 0.1) is 0 Å². The van der Waals surface area contributed by atoms with Crippen molar-refractivity contribution in [1.82, 2.24) is 9.88 Å². The normalized spacial score (nSPS) is 10.5. The molecule has 1 rings (SSSR count). The summed E-state index contributed by atoms with van der Waals surface area (Å²) in [5, 5.41) is 12.0. The van der Waals surface area contributed by atoms with Crippen LogP contribution in [0.5, 0.6) is 0 Å². The maximum absolute atomic E-state index is 12.4. The first kappa shape index (κ1) is 17.4. The van der Waals surface area contributed by atoms with Gasteiger partial charge in [-0.3, -0.25) is 4.79 Å². The molecule has 0 aromatic carbocycles. The van der Waals surface area contributed by atoms with Crippen LogP contribution in [-0.2, 0) is 0 Å². The lowest BCUT2D eigenvalue weighted by atomic mass is 10.2. The molecule has 0 aliphatic carbocycles. The zero-order valence-corrected chi connectivity index (χ0v) is 13.4. The highest BCUT2D eigenvalue weighted by Crippen LogP contribution is 2.13. The molecule has 5 heteroatoms. The van der Waals surface area contributed by atoms with Gasteiger partial charge in [-0.05, 0) is 44.7 Å². The maximum atomic E-state index is 12.4. The summed E-state index contributed by atoms with van der Waals surface area (Å²) in [6.45, 7) is 5.76. The van der Waals surface area contributed by atoms with Crippen molar-refractivity contribution >= 4 is 11.7 Å². The van der Waals surface area contributed by atoms with Crippen molar-refractivity contribution in [3.8, 4) is 0 Å². The van der Waals surface area contributed by atoms with Gasteiger partial charge in [-0.25, -0.2) is 4.98 Å². The molecule has 0 atom stereocenters. The highest BCUT2D eigenvalue weighted by Gasteiger charge is 2.13. The molecular weight excluding hydrogens is 266 g/mol. The van der Waals surface area contributed by atoms with Crippen LogP contribution in [-0.4, -0.2) is 47.6 Å². The summed E-state index contributed by atoms with van der Waals surface area (Å²) in [5.41, 5.74) is 1.51. The third kappa shape index (κ3) is 6.12. The minimum absolute atomic E-state index is 0.0176. The molecule has 0 saturated carbocycles. The van der Waals surface area contributed by atoms with Gasteiger partial charge < -0.3 is 15.3 Å². The molecule has 0 radical (unpaired) electrons. The van der Waals surface area contributed by atoms with E-state index in [1.54, 1.807) is 4.90 Å². The molecule has 2 N–H and O–H groups in total. The monoisotopic (exact) mass is 293 g/mol. The third-order valence-corrected chi connectivity index (χ3v) is 3.25. The summed E-state index contributed by atoms with van der Waals surface area (Å²) in [5.74, 6) is 0.776. The number of unbranched alkanes of at least 4 members (excludes halogenated alkanes) is 2. The van der Waals surface area contributed by atoms with Crippen LogP contribution in [0.15, 0.2) is 12.1 Å². The SMILES string of the molecule is CCCNc1cc(C(=O)N(C)CCCCCO)cc(C)n1. The van der Waals surface area contributed by atoms with Crippen LogP contribution in [0.3, 0.4) is 0 Å². The second-order valence-electron chi connectivity index (χ2n) is 5.32. The van der Waals surface area contributed by atoms with Crippen molar-refractivity contribution in [2.75, 3.05) is 32.1 Å². The predicted molar refractivity (Wildman–Crippen MR) is 85.7 cm³/mol. The van der Waals surface area contributed by atoms with E-state index in [2.05, 4.69) is 17.2 Å². The molecule has 1 aromatic heterocycles. The molecule has 0 saturated heterocycles. The lowest BCUT2D eigenvalue weighted by Crippen LogP contribution is -2.28. The summed E-state index contributed by atoms with van der Waals surface area (Å²) in [6.07, 6.45) is 3.66. The average molecular weight is 293 g/mol. The number of pyridine rings is 1. The molecule has 21 heavy (non-hydrogen) atoms. The molecule has 0 spiro atoms. The van der Waals surface area contributed by atoms with Crippen molar-refractivity contribution in [2.45, 2.75) is 39.5 Å². The number of hydrogen-bond donors (Lipinski definition) is 2. The molecule has 0 unspecified atom stereocenters. The number of hydrogen-bond acceptors (Lipinski definition) is 4. The Kier molecular flexibility index (Phi) is 7.75. The number of aromatic nitrogens is 1. The van der Waals surface area contributed by atoms with E-state index in [-0.39, 0.29) is 12.5 Å². The molecule has 0 bridgehead atoms. The van der Waals surface area contributed by atoms with Crippen molar-refractivity contribution in [2.24, 2.45) is 0 Å². The number of carbonyl (C=O) groups is 1. The number of nitrogens with one attached hydrogen (secondary N) is 1. The van der Waals surface area contributed by atoms with Crippen molar-refractivity contribution in [3.63, 3.8) is 0 Å². The number of aliphatic hydroxyl groups is 1. The summed E-state index contributed by atoms with van der Waals surface area (Å²) in [7, 11) is 1.82. The van der Waals surface area contributed by atoms with E-state index in [1.807, 2.05) is 26.1 Å². The molecule has 1 amide bonds. The van der Waals surface area contributed by atoms with Crippen LogP contribution in [0.1, 0.15) is 48.7 Å². The predicted octanol–water partition coefficient (Wildman–Crippen LogP) is 2.45. The van der Waals surface area contributed by atoms with E-state index >= 15 is 0 Å². The Morgan fingerprint density at radius 1 is 1.33 bits per heavy atom. The largest absolute Gasteiger partial charge is 0.396 e. The number of anilines is 1. The van der Waals surface area contributed by atoms with Gasteiger partial charge >= 0.3 is 0 Å². The summed E-state index contributed by atoms with van der Waals surface area (Å²) >= 11 is 0. The molecule has 1 heterocycles.